The summed E-state index contributed by atoms with van der Waals surface area (Å²) >= 11 is 1.74. The lowest BCUT2D eigenvalue weighted by molar-refractivity contribution is -0.120. The summed E-state index contributed by atoms with van der Waals surface area (Å²) in [6.45, 7) is 6.85. The van der Waals surface area contributed by atoms with Crippen LogP contribution in [-0.2, 0) is 11.3 Å². The summed E-state index contributed by atoms with van der Waals surface area (Å²) < 4.78 is 0. The highest BCUT2D eigenvalue weighted by Gasteiger charge is 2.12. The number of aryl methyl sites for hydroxylation is 1. The standard InChI is InChI=1S/C15H23NOS/c1-4-5-10-18-13(3)15(17)16-11-14-9-7-6-8-12(14)2/h6-9,13H,4-5,10-11H2,1-3H3,(H,16,17). The van der Waals surface area contributed by atoms with Crippen molar-refractivity contribution in [2.75, 3.05) is 5.75 Å². The second-order valence-electron chi connectivity index (χ2n) is 4.51. The third-order valence-corrected chi connectivity index (χ3v) is 4.19. The van der Waals surface area contributed by atoms with E-state index in [2.05, 4.69) is 31.3 Å². The molecule has 1 N–H and O–H groups in total. The molecule has 1 unspecified atom stereocenters. The second kappa shape index (κ2) is 8.20. The molecule has 0 saturated heterocycles. The number of unbranched alkanes of at least 4 members (excludes halogenated alkanes) is 1. The SMILES string of the molecule is CCCCSC(C)C(=O)NCc1ccccc1C. The fourth-order valence-corrected chi connectivity index (χ4v) is 2.66. The molecule has 1 amide bonds. The molecule has 1 atom stereocenters. The fraction of sp³-hybridized carbons (Fsp3) is 0.533. The van der Waals surface area contributed by atoms with Crippen LogP contribution in [0.3, 0.4) is 0 Å². The lowest BCUT2D eigenvalue weighted by Crippen LogP contribution is -2.30. The van der Waals surface area contributed by atoms with Crippen molar-refractivity contribution in [2.45, 2.75) is 45.4 Å². The summed E-state index contributed by atoms with van der Waals surface area (Å²) in [5.41, 5.74) is 2.42. The highest BCUT2D eigenvalue weighted by Crippen LogP contribution is 2.13. The maximum atomic E-state index is 11.9. The molecular formula is C15H23NOS. The van der Waals surface area contributed by atoms with Crippen LogP contribution < -0.4 is 5.32 Å². The van der Waals surface area contributed by atoms with E-state index in [0.29, 0.717) is 6.54 Å². The third kappa shape index (κ3) is 5.13. The normalized spacial score (nSPS) is 12.2. The van der Waals surface area contributed by atoms with Gasteiger partial charge in [-0.05, 0) is 37.1 Å². The Morgan fingerprint density at radius 2 is 2.11 bits per heavy atom. The van der Waals surface area contributed by atoms with Crippen molar-refractivity contribution >= 4 is 17.7 Å². The van der Waals surface area contributed by atoms with Crippen LogP contribution in [0.5, 0.6) is 0 Å². The van der Waals surface area contributed by atoms with Gasteiger partial charge in [0.1, 0.15) is 0 Å². The Morgan fingerprint density at radius 3 is 2.78 bits per heavy atom. The summed E-state index contributed by atoms with van der Waals surface area (Å²) in [6.07, 6.45) is 2.37. The molecule has 0 bridgehead atoms. The van der Waals surface area contributed by atoms with Gasteiger partial charge in [-0.1, -0.05) is 37.6 Å². The van der Waals surface area contributed by atoms with Gasteiger partial charge in [0.05, 0.1) is 5.25 Å². The molecule has 1 aromatic carbocycles. The molecule has 100 valence electrons. The van der Waals surface area contributed by atoms with Gasteiger partial charge >= 0.3 is 0 Å². The molecule has 0 aliphatic rings. The Bertz CT molecular complexity index is 379. The number of hydrogen-bond acceptors (Lipinski definition) is 2. The van der Waals surface area contributed by atoms with Gasteiger partial charge in [0.2, 0.25) is 5.91 Å². The van der Waals surface area contributed by atoms with Gasteiger partial charge < -0.3 is 5.32 Å². The van der Waals surface area contributed by atoms with Crippen molar-refractivity contribution in [1.82, 2.24) is 5.32 Å². The molecule has 0 heterocycles. The zero-order valence-electron chi connectivity index (χ0n) is 11.5. The van der Waals surface area contributed by atoms with E-state index in [0.717, 1.165) is 5.75 Å². The predicted octanol–water partition coefficient (Wildman–Crippen LogP) is 3.53. The van der Waals surface area contributed by atoms with Gasteiger partial charge in [-0.15, -0.1) is 11.8 Å². The number of carbonyl (C=O) groups excluding carboxylic acids is 1. The number of rotatable bonds is 7. The van der Waals surface area contributed by atoms with Crippen LogP contribution in [0, 0.1) is 6.92 Å². The second-order valence-corrected chi connectivity index (χ2v) is 5.96. The summed E-state index contributed by atoms with van der Waals surface area (Å²) in [4.78, 5) is 11.9. The topological polar surface area (TPSA) is 29.1 Å². The summed E-state index contributed by atoms with van der Waals surface area (Å²) in [7, 11) is 0. The molecule has 0 aliphatic heterocycles. The highest BCUT2D eigenvalue weighted by atomic mass is 32.2. The van der Waals surface area contributed by atoms with E-state index in [1.807, 2.05) is 19.1 Å². The van der Waals surface area contributed by atoms with Gasteiger partial charge in [-0.3, -0.25) is 4.79 Å². The molecule has 0 radical (unpaired) electrons. The van der Waals surface area contributed by atoms with Crippen molar-refractivity contribution < 1.29 is 4.79 Å². The van der Waals surface area contributed by atoms with Crippen molar-refractivity contribution in [3.63, 3.8) is 0 Å². The van der Waals surface area contributed by atoms with Crippen molar-refractivity contribution in [3.05, 3.63) is 35.4 Å². The van der Waals surface area contributed by atoms with Gasteiger partial charge in [-0.2, -0.15) is 0 Å². The zero-order chi connectivity index (χ0) is 13.4. The molecule has 18 heavy (non-hydrogen) atoms. The van der Waals surface area contributed by atoms with Crippen LogP contribution in [0.4, 0.5) is 0 Å². The maximum Gasteiger partial charge on any atom is 0.233 e. The summed E-state index contributed by atoms with van der Waals surface area (Å²) in [6, 6.07) is 8.16. The smallest absolute Gasteiger partial charge is 0.233 e. The molecule has 1 rings (SSSR count). The number of benzene rings is 1. The minimum atomic E-state index is 0.0422. The Hall–Kier alpha value is -0.960. The van der Waals surface area contributed by atoms with Crippen molar-refractivity contribution in [2.24, 2.45) is 0 Å². The van der Waals surface area contributed by atoms with Crippen LogP contribution in [0.1, 0.15) is 37.8 Å². The molecule has 2 nitrogen and oxygen atoms in total. The Morgan fingerprint density at radius 1 is 1.39 bits per heavy atom. The molecule has 1 aromatic rings. The average Bonchev–Trinajstić information content (AvgIpc) is 2.37. The van der Waals surface area contributed by atoms with E-state index >= 15 is 0 Å². The van der Waals surface area contributed by atoms with E-state index < -0.39 is 0 Å². The quantitative estimate of drug-likeness (QED) is 0.764. The first-order valence-corrected chi connectivity index (χ1v) is 7.63. The van der Waals surface area contributed by atoms with Gasteiger partial charge in [-0.25, -0.2) is 0 Å². The first kappa shape index (κ1) is 15.1. The Kier molecular flexibility index (Phi) is 6.88. The molecule has 0 spiro atoms. The molecule has 0 aliphatic carbocycles. The average molecular weight is 265 g/mol. The van der Waals surface area contributed by atoms with Crippen molar-refractivity contribution in [1.29, 1.82) is 0 Å². The largest absolute Gasteiger partial charge is 0.351 e. The lowest BCUT2D eigenvalue weighted by Gasteiger charge is -2.12. The van der Waals surface area contributed by atoms with Crippen LogP contribution in [0.15, 0.2) is 24.3 Å². The van der Waals surface area contributed by atoms with Crippen LogP contribution in [0.25, 0.3) is 0 Å². The van der Waals surface area contributed by atoms with E-state index in [9.17, 15) is 4.79 Å². The lowest BCUT2D eigenvalue weighted by atomic mass is 10.1. The number of hydrogen-bond donors (Lipinski definition) is 1. The number of carbonyl (C=O) groups is 1. The summed E-state index contributed by atoms with van der Waals surface area (Å²) in [5.74, 6) is 1.20. The monoisotopic (exact) mass is 265 g/mol. The minimum absolute atomic E-state index is 0.0422. The number of amides is 1. The molecule has 3 heteroatoms. The van der Waals surface area contributed by atoms with Gasteiger partial charge in [0.25, 0.3) is 0 Å². The minimum Gasteiger partial charge on any atom is -0.351 e. The Balaban J connectivity index is 2.34. The third-order valence-electron chi connectivity index (χ3n) is 2.95. The molecular weight excluding hydrogens is 242 g/mol. The highest BCUT2D eigenvalue weighted by molar-refractivity contribution is 8.00. The Labute approximate surface area is 115 Å². The van der Waals surface area contributed by atoms with E-state index in [1.165, 1.54) is 24.0 Å². The summed E-state index contributed by atoms with van der Waals surface area (Å²) in [5, 5.41) is 3.05. The van der Waals surface area contributed by atoms with Crippen LogP contribution >= 0.6 is 11.8 Å². The fourth-order valence-electron chi connectivity index (χ4n) is 1.61. The van der Waals surface area contributed by atoms with E-state index in [-0.39, 0.29) is 11.2 Å². The van der Waals surface area contributed by atoms with Crippen LogP contribution in [0.2, 0.25) is 0 Å². The molecule has 0 fully saturated rings. The van der Waals surface area contributed by atoms with Gasteiger partial charge in [0, 0.05) is 6.54 Å². The van der Waals surface area contributed by atoms with Crippen molar-refractivity contribution in [3.8, 4) is 0 Å². The molecule has 0 aromatic heterocycles. The van der Waals surface area contributed by atoms with Gasteiger partial charge in [0.15, 0.2) is 0 Å². The number of thioether (sulfide) groups is 1. The first-order chi connectivity index (χ1) is 8.65. The maximum absolute atomic E-state index is 11.9. The number of nitrogens with one attached hydrogen (secondary N) is 1. The van der Waals surface area contributed by atoms with E-state index in [4.69, 9.17) is 0 Å². The first-order valence-electron chi connectivity index (χ1n) is 6.59. The molecule has 0 saturated carbocycles. The van der Waals surface area contributed by atoms with E-state index in [1.54, 1.807) is 11.8 Å². The van der Waals surface area contributed by atoms with Crippen LogP contribution in [-0.4, -0.2) is 16.9 Å². The zero-order valence-corrected chi connectivity index (χ0v) is 12.3. The predicted molar refractivity (Wildman–Crippen MR) is 79.9 cm³/mol.